The second kappa shape index (κ2) is 6.41. The Kier molecular flexibility index (Phi) is 4.36. The van der Waals surface area contributed by atoms with Crippen molar-refractivity contribution in [2.75, 3.05) is 7.05 Å². The molecule has 0 spiro atoms. The monoisotopic (exact) mass is 390 g/mol. The SMILES string of the molecule is CNCc1cnc(Oc2cccc(I)c2)c2ccccc12. The minimum atomic E-state index is 0.646. The number of nitrogens with one attached hydrogen (secondary N) is 1. The van der Waals surface area contributed by atoms with Crippen molar-refractivity contribution in [1.29, 1.82) is 0 Å². The van der Waals surface area contributed by atoms with E-state index in [9.17, 15) is 0 Å². The summed E-state index contributed by atoms with van der Waals surface area (Å²) in [6, 6.07) is 16.2. The number of halogens is 1. The third kappa shape index (κ3) is 3.16. The summed E-state index contributed by atoms with van der Waals surface area (Å²) >= 11 is 2.27. The molecule has 21 heavy (non-hydrogen) atoms. The van der Waals surface area contributed by atoms with E-state index in [0.29, 0.717) is 5.88 Å². The minimum Gasteiger partial charge on any atom is -0.438 e. The molecule has 3 rings (SSSR count). The highest BCUT2D eigenvalue weighted by Gasteiger charge is 2.08. The van der Waals surface area contributed by atoms with Gasteiger partial charge in [-0.05, 0) is 64.9 Å². The second-order valence-electron chi connectivity index (χ2n) is 4.72. The van der Waals surface area contributed by atoms with Crippen LogP contribution >= 0.6 is 22.6 Å². The lowest BCUT2D eigenvalue weighted by Crippen LogP contribution is -2.06. The van der Waals surface area contributed by atoms with Gasteiger partial charge in [0.2, 0.25) is 5.88 Å². The Morgan fingerprint density at radius 3 is 2.67 bits per heavy atom. The zero-order valence-corrected chi connectivity index (χ0v) is 13.8. The van der Waals surface area contributed by atoms with E-state index in [1.165, 1.54) is 10.9 Å². The van der Waals surface area contributed by atoms with Gasteiger partial charge in [-0.2, -0.15) is 0 Å². The van der Waals surface area contributed by atoms with Crippen molar-refractivity contribution >= 4 is 33.4 Å². The van der Waals surface area contributed by atoms with Crippen LogP contribution in [0.2, 0.25) is 0 Å². The Bertz CT molecular complexity index is 774. The molecule has 106 valence electrons. The van der Waals surface area contributed by atoms with Gasteiger partial charge in [-0.25, -0.2) is 4.98 Å². The standard InChI is InChI=1S/C17H15IN2O/c1-19-10-12-11-20-17(16-8-3-2-7-15(12)16)21-14-6-4-5-13(18)9-14/h2-9,11,19H,10H2,1H3. The van der Waals surface area contributed by atoms with Crippen LogP contribution in [-0.4, -0.2) is 12.0 Å². The summed E-state index contributed by atoms with van der Waals surface area (Å²) in [6.07, 6.45) is 1.88. The molecule has 4 heteroatoms. The van der Waals surface area contributed by atoms with Crippen LogP contribution in [0.4, 0.5) is 0 Å². The fourth-order valence-corrected chi connectivity index (χ4v) is 2.79. The molecule has 2 aromatic carbocycles. The zero-order chi connectivity index (χ0) is 14.7. The van der Waals surface area contributed by atoms with Crippen molar-refractivity contribution in [3.8, 4) is 11.6 Å². The number of ether oxygens (including phenoxy) is 1. The van der Waals surface area contributed by atoms with Crippen LogP contribution in [0.25, 0.3) is 10.8 Å². The lowest BCUT2D eigenvalue weighted by Gasteiger charge is -2.11. The van der Waals surface area contributed by atoms with Gasteiger partial charge in [0.05, 0.1) is 0 Å². The second-order valence-corrected chi connectivity index (χ2v) is 5.97. The fraction of sp³-hybridized carbons (Fsp3) is 0.118. The van der Waals surface area contributed by atoms with Gasteiger partial charge in [0.1, 0.15) is 5.75 Å². The maximum atomic E-state index is 5.97. The predicted molar refractivity (Wildman–Crippen MR) is 93.7 cm³/mol. The molecule has 0 aliphatic heterocycles. The molecule has 1 heterocycles. The third-order valence-corrected chi connectivity index (χ3v) is 3.89. The van der Waals surface area contributed by atoms with Crippen LogP contribution in [0, 0.1) is 3.57 Å². The van der Waals surface area contributed by atoms with Gasteiger partial charge in [-0.3, -0.25) is 0 Å². The summed E-state index contributed by atoms with van der Waals surface area (Å²) in [7, 11) is 1.94. The van der Waals surface area contributed by atoms with Crippen molar-refractivity contribution in [1.82, 2.24) is 10.3 Å². The number of fused-ring (bicyclic) bond motifs is 1. The molecule has 1 aromatic heterocycles. The molecule has 0 atom stereocenters. The third-order valence-electron chi connectivity index (χ3n) is 3.22. The lowest BCUT2D eigenvalue weighted by molar-refractivity contribution is 0.468. The Morgan fingerprint density at radius 1 is 1.10 bits per heavy atom. The van der Waals surface area contributed by atoms with Gasteiger partial charge in [0.25, 0.3) is 0 Å². The number of benzene rings is 2. The van der Waals surface area contributed by atoms with Crippen LogP contribution in [-0.2, 0) is 6.54 Å². The Labute approximate surface area is 137 Å². The van der Waals surface area contributed by atoms with E-state index in [4.69, 9.17) is 4.74 Å². The molecule has 0 amide bonds. The molecule has 0 saturated heterocycles. The van der Waals surface area contributed by atoms with Gasteiger partial charge in [-0.15, -0.1) is 0 Å². The summed E-state index contributed by atoms with van der Waals surface area (Å²) in [6.45, 7) is 0.789. The smallest absolute Gasteiger partial charge is 0.227 e. The molecule has 0 radical (unpaired) electrons. The maximum absolute atomic E-state index is 5.97. The number of rotatable bonds is 4. The average molecular weight is 390 g/mol. The largest absolute Gasteiger partial charge is 0.438 e. The molecule has 0 bridgehead atoms. The van der Waals surface area contributed by atoms with Crippen LogP contribution in [0.3, 0.4) is 0 Å². The fourth-order valence-electron chi connectivity index (χ4n) is 2.28. The Morgan fingerprint density at radius 2 is 1.90 bits per heavy atom. The van der Waals surface area contributed by atoms with E-state index < -0.39 is 0 Å². The molecule has 0 saturated carbocycles. The molecule has 1 N–H and O–H groups in total. The van der Waals surface area contributed by atoms with Crippen molar-refractivity contribution in [2.24, 2.45) is 0 Å². The number of hydrogen-bond donors (Lipinski definition) is 1. The average Bonchev–Trinajstić information content (AvgIpc) is 2.50. The van der Waals surface area contributed by atoms with Crippen molar-refractivity contribution in [3.63, 3.8) is 0 Å². The highest BCUT2D eigenvalue weighted by Crippen LogP contribution is 2.30. The van der Waals surface area contributed by atoms with Crippen LogP contribution < -0.4 is 10.1 Å². The normalized spacial score (nSPS) is 10.8. The van der Waals surface area contributed by atoms with Gasteiger partial charge in [-0.1, -0.05) is 24.3 Å². The number of nitrogens with zero attached hydrogens (tertiary/aromatic N) is 1. The first-order valence-corrected chi connectivity index (χ1v) is 7.80. The first-order valence-electron chi connectivity index (χ1n) is 6.72. The number of aromatic nitrogens is 1. The van der Waals surface area contributed by atoms with E-state index in [2.05, 4.69) is 39.0 Å². The van der Waals surface area contributed by atoms with E-state index >= 15 is 0 Å². The van der Waals surface area contributed by atoms with Crippen LogP contribution in [0.1, 0.15) is 5.56 Å². The lowest BCUT2D eigenvalue weighted by atomic mass is 10.1. The molecule has 3 nitrogen and oxygen atoms in total. The minimum absolute atomic E-state index is 0.646. The Hall–Kier alpha value is -1.66. The molecular weight excluding hydrogens is 375 g/mol. The summed E-state index contributed by atoms with van der Waals surface area (Å²) in [5, 5.41) is 5.37. The van der Waals surface area contributed by atoms with E-state index in [0.717, 1.165) is 21.3 Å². The van der Waals surface area contributed by atoms with Crippen LogP contribution in [0.15, 0.2) is 54.7 Å². The summed E-state index contributed by atoms with van der Waals surface area (Å²) < 4.78 is 7.11. The van der Waals surface area contributed by atoms with E-state index in [1.807, 2.05) is 55.7 Å². The molecule has 0 aliphatic rings. The van der Waals surface area contributed by atoms with Crippen molar-refractivity contribution in [3.05, 3.63) is 63.9 Å². The van der Waals surface area contributed by atoms with Gasteiger partial charge >= 0.3 is 0 Å². The highest BCUT2D eigenvalue weighted by molar-refractivity contribution is 14.1. The topological polar surface area (TPSA) is 34.2 Å². The van der Waals surface area contributed by atoms with Gasteiger partial charge in [0.15, 0.2) is 0 Å². The first kappa shape index (κ1) is 14.3. The molecule has 3 aromatic rings. The molecule has 0 fully saturated rings. The van der Waals surface area contributed by atoms with Crippen molar-refractivity contribution < 1.29 is 4.74 Å². The number of hydrogen-bond acceptors (Lipinski definition) is 3. The van der Waals surface area contributed by atoms with Crippen molar-refractivity contribution in [2.45, 2.75) is 6.54 Å². The molecule has 0 aliphatic carbocycles. The first-order chi connectivity index (χ1) is 10.3. The van der Waals surface area contributed by atoms with E-state index in [1.54, 1.807) is 0 Å². The summed E-state index contributed by atoms with van der Waals surface area (Å²) in [5.74, 6) is 1.45. The Balaban J connectivity index is 2.05. The summed E-state index contributed by atoms with van der Waals surface area (Å²) in [5.41, 5.74) is 1.17. The molecule has 0 unspecified atom stereocenters. The summed E-state index contributed by atoms with van der Waals surface area (Å²) in [4.78, 5) is 4.49. The van der Waals surface area contributed by atoms with E-state index in [-0.39, 0.29) is 0 Å². The highest BCUT2D eigenvalue weighted by atomic mass is 127. The zero-order valence-electron chi connectivity index (χ0n) is 11.6. The van der Waals surface area contributed by atoms with Gasteiger partial charge < -0.3 is 10.1 Å². The van der Waals surface area contributed by atoms with Gasteiger partial charge in [0, 0.05) is 21.7 Å². The predicted octanol–water partition coefficient (Wildman–Crippen LogP) is 4.35. The number of pyridine rings is 1. The van der Waals surface area contributed by atoms with Crippen LogP contribution in [0.5, 0.6) is 11.6 Å². The quantitative estimate of drug-likeness (QED) is 0.673. The maximum Gasteiger partial charge on any atom is 0.227 e. The molecular formula is C17H15IN2O.